The highest BCUT2D eigenvalue weighted by atomic mass is 35.5. The van der Waals surface area contributed by atoms with E-state index in [0.717, 1.165) is 5.75 Å². The minimum atomic E-state index is -0.444. The van der Waals surface area contributed by atoms with Crippen molar-refractivity contribution in [2.45, 2.75) is 13.0 Å². The zero-order chi connectivity index (χ0) is 12.5. The maximum absolute atomic E-state index is 11.2. The third-order valence-electron chi connectivity index (χ3n) is 1.94. The molecule has 0 saturated heterocycles. The number of hydrogen-bond donors (Lipinski definition) is 0. The van der Waals surface area contributed by atoms with Gasteiger partial charge in [-0.2, -0.15) is 0 Å². The lowest BCUT2D eigenvalue weighted by Gasteiger charge is -2.15. The molecule has 0 heterocycles. The minimum Gasteiger partial charge on any atom is -0.490 e. The second-order valence-corrected chi connectivity index (χ2v) is 3.65. The first-order valence-electron chi connectivity index (χ1n) is 5.33. The predicted octanol–water partition coefficient (Wildman–Crippen LogP) is 2.79. The van der Waals surface area contributed by atoms with Crippen LogP contribution in [0.25, 0.3) is 0 Å². The molecule has 0 saturated carbocycles. The van der Waals surface area contributed by atoms with Gasteiger partial charge in [0, 0.05) is 6.08 Å². The molecule has 0 radical (unpaired) electrons. The van der Waals surface area contributed by atoms with E-state index in [4.69, 9.17) is 21.1 Å². The Hall–Kier alpha value is -1.48. The van der Waals surface area contributed by atoms with E-state index in [0.29, 0.717) is 0 Å². The van der Waals surface area contributed by atoms with Crippen LogP contribution in [0, 0.1) is 0 Å². The van der Waals surface area contributed by atoms with Crippen molar-refractivity contribution in [2.24, 2.45) is 0 Å². The minimum absolute atomic E-state index is 0.204. The average molecular weight is 255 g/mol. The van der Waals surface area contributed by atoms with Gasteiger partial charge in [0.15, 0.2) is 0 Å². The molecule has 3 nitrogen and oxygen atoms in total. The molecule has 1 aromatic rings. The fourth-order valence-corrected chi connectivity index (χ4v) is 1.31. The molecule has 0 aliphatic rings. The molecule has 92 valence electrons. The second kappa shape index (κ2) is 7.74. The molecule has 0 aliphatic heterocycles. The summed E-state index contributed by atoms with van der Waals surface area (Å²) in [5, 5.41) is 0. The number of esters is 1. The summed E-state index contributed by atoms with van der Waals surface area (Å²) in [6.45, 7) is 1.99. The van der Waals surface area contributed by atoms with E-state index in [1.165, 1.54) is 6.08 Å². The molecule has 0 bridgehead atoms. The van der Waals surface area contributed by atoms with E-state index >= 15 is 0 Å². The van der Waals surface area contributed by atoms with Crippen LogP contribution in [0.5, 0.6) is 5.75 Å². The number of halogens is 1. The van der Waals surface area contributed by atoms with Crippen molar-refractivity contribution in [3.05, 3.63) is 42.5 Å². The molecule has 1 atom stereocenters. The van der Waals surface area contributed by atoms with Crippen molar-refractivity contribution in [3.63, 3.8) is 0 Å². The lowest BCUT2D eigenvalue weighted by molar-refractivity contribution is -0.143. The Morgan fingerprint density at radius 2 is 2.12 bits per heavy atom. The van der Waals surface area contributed by atoms with Crippen molar-refractivity contribution in [1.82, 2.24) is 0 Å². The Morgan fingerprint density at radius 3 is 2.71 bits per heavy atom. The van der Waals surface area contributed by atoms with Gasteiger partial charge in [0.1, 0.15) is 18.5 Å². The Balaban J connectivity index is 2.40. The smallest absolute Gasteiger partial charge is 0.330 e. The Kier molecular flexibility index (Phi) is 6.18. The fraction of sp³-hybridized carbons (Fsp3) is 0.308. The van der Waals surface area contributed by atoms with E-state index < -0.39 is 12.1 Å². The van der Waals surface area contributed by atoms with Gasteiger partial charge in [0.25, 0.3) is 0 Å². The zero-order valence-corrected chi connectivity index (χ0v) is 10.4. The first-order valence-corrected chi connectivity index (χ1v) is 5.87. The number of benzene rings is 1. The highest BCUT2D eigenvalue weighted by Crippen LogP contribution is 2.09. The largest absolute Gasteiger partial charge is 0.490 e. The summed E-state index contributed by atoms with van der Waals surface area (Å²) < 4.78 is 10.5. The summed E-state index contributed by atoms with van der Waals surface area (Å²) in [5.74, 6) is 0.523. The summed E-state index contributed by atoms with van der Waals surface area (Å²) in [4.78, 5) is 11.2. The van der Waals surface area contributed by atoms with Gasteiger partial charge in [-0.1, -0.05) is 24.3 Å². The maximum atomic E-state index is 11.2. The predicted molar refractivity (Wildman–Crippen MR) is 67.4 cm³/mol. The van der Waals surface area contributed by atoms with Crippen LogP contribution in [0.4, 0.5) is 0 Å². The number of hydrogen-bond acceptors (Lipinski definition) is 3. The van der Waals surface area contributed by atoms with E-state index in [9.17, 15) is 4.79 Å². The SMILES string of the molecule is C/C=C/C(=O)OC(CCl)COc1ccccc1. The van der Waals surface area contributed by atoms with Crippen molar-refractivity contribution >= 4 is 17.6 Å². The molecular weight excluding hydrogens is 240 g/mol. The number of carbonyl (C=O) groups excluding carboxylic acids is 1. The first-order chi connectivity index (χ1) is 8.26. The van der Waals surface area contributed by atoms with Gasteiger partial charge in [-0.05, 0) is 19.1 Å². The Bertz CT molecular complexity index is 362. The van der Waals surface area contributed by atoms with Crippen LogP contribution >= 0.6 is 11.6 Å². The van der Waals surface area contributed by atoms with Crippen molar-refractivity contribution in [2.75, 3.05) is 12.5 Å². The lowest BCUT2D eigenvalue weighted by Crippen LogP contribution is -2.25. The molecule has 0 N–H and O–H groups in total. The number of carbonyl (C=O) groups is 1. The highest BCUT2D eigenvalue weighted by molar-refractivity contribution is 6.18. The van der Waals surface area contributed by atoms with Gasteiger partial charge in [-0.25, -0.2) is 4.79 Å². The monoisotopic (exact) mass is 254 g/mol. The summed E-state index contributed by atoms with van der Waals surface area (Å²) in [7, 11) is 0. The van der Waals surface area contributed by atoms with Gasteiger partial charge >= 0.3 is 5.97 Å². The molecule has 0 fully saturated rings. The zero-order valence-electron chi connectivity index (χ0n) is 9.64. The van der Waals surface area contributed by atoms with Crippen LogP contribution < -0.4 is 4.74 Å². The highest BCUT2D eigenvalue weighted by Gasteiger charge is 2.12. The molecule has 1 aromatic carbocycles. The molecular formula is C13H15ClO3. The summed E-state index contributed by atoms with van der Waals surface area (Å²) in [6.07, 6.45) is 2.52. The van der Waals surface area contributed by atoms with Gasteiger partial charge in [-0.15, -0.1) is 11.6 Å². The van der Waals surface area contributed by atoms with Gasteiger partial charge in [-0.3, -0.25) is 0 Å². The molecule has 0 aromatic heterocycles. The van der Waals surface area contributed by atoms with Crippen LogP contribution in [0.2, 0.25) is 0 Å². The van der Waals surface area contributed by atoms with Gasteiger partial charge in [0.2, 0.25) is 0 Å². The van der Waals surface area contributed by atoms with Crippen molar-refractivity contribution in [3.8, 4) is 5.75 Å². The molecule has 4 heteroatoms. The number of allylic oxidation sites excluding steroid dienone is 1. The van der Waals surface area contributed by atoms with Crippen molar-refractivity contribution in [1.29, 1.82) is 0 Å². The van der Waals surface area contributed by atoms with E-state index in [-0.39, 0.29) is 12.5 Å². The van der Waals surface area contributed by atoms with Gasteiger partial charge < -0.3 is 9.47 Å². The molecule has 17 heavy (non-hydrogen) atoms. The summed E-state index contributed by atoms with van der Waals surface area (Å²) in [5.41, 5.74) is 0. The molecule has 0 spiro atoms. The fourth-order valence-electron chi connectivity index (χ4n) is 1.16. The summed E-state index contributed by atoms with van der Waals surface area (Å²) in [6, 6.07) is 9.31. The van der Waals surface area contributed by atoms with E-state index in [1.807, 2.05) is 30.3 Å². The standard InChI is InChI=1S/C13H15ClO3/c1-2-6-13(15)17-12(9-14)10-16-11-7-4-3-5-8-11/h2-8,12H,9-10H2,1H3/b6-2+. The second-order valence-electron chi connectivity index (χ2n) is 3.34. The Morgan fingerprint density at radius 1 is 1.41 bits per heavy atom. The molecule has 1 unspecified atom stereocenters. The third kappa shape index (κ3) is 5.41. The lowest BCUT2D eigenvalue weighted by atomic mass is 10.3. The Labute approximate surface area is 106 Å². The van der Waals surface area contributed by atoms with Crippen molar-refractivity contribution < 1.29 is 14.3 Å². The number of para-hydroxylation sites is 1. The number of alkyl halides is 1. The first kappa shape index (κ1) is 13.6. The topological polar surface area (TPSA) is 35.5 Å². The van der Waals surface area contributed by atoms with Gasteiger partial charge in [0.05, 0.1) is 5.88 Å². The average Bonchev–Trinajstić information content (AvgIpc) is 2.36. The van der Waals surface area contributed by atoms with E-state index in [2.05, 4.69) is 0 Å². The summed E-state index contributed by atoms with van der Waals surface area (Å²) >= 11 is 5.70. The van der Waals surface area contributed by atoms with Crippen LogP contribution in [0.1, 0.15) is 6.92 Å². The number of rotatable bonds is 6. The maximum Gasteiger partial charge on any atom is 0.330 e. The quantitative estimate of drug-likeness (QED) is 0.445. The normalized spacial score (nSPS) is 12.4. The number of ether oxygens (including phenoxy) is 2. The third-order valence-corrected chi connectivity index (χ3v) is 2.28. The molecule has 1 rings (SSSR count). The van der Waals surface area contributed by atoms with Crippen LogP contribution in [-0.2, 0) is 9.53 Å². The van der Waals surface area contributed by atoms with E-state index in [1.54, 1.807) is 13.0 Å². The molecule has 0 amide bonds. The van der Waals surface area contributed by atoms with Crippen LogP contribution in [0.15, 0.2) is 42.5 Å². The van der Waals surface area contributed by atoms with Crippen LogP contribution in [0.3, 0.4) is 0 Å². The molecule has 0 aliphatic carbocycles. The van der Waals surface area contributed by atoms with Crippen LogP contribution in [-0.4, -0.2) is 24.6 Å².